The molecule has 0 aliphatic carbocycles. The minimum atomic E-state index is 0. The number of piperazine rings is 1. The van der Waals surface area contributed by atoms with Gasteiger partial charge in [0.15, 0.2) is 5.96 Å². The number of benzene rings is 1. The molecule has 0 amide bonds. The third-order valence-corrected chi connectivity index (χ3v) is 5.25. The van der Waals surface area contributed by atoms with Crippen LogP contribution in [0.2, 0.25) is 0 Å². The molecule has 5 nitrogen and oxygen atoms in total. The second-order valence-electron chi connectivity index (χ2n) is 5.91. The first-order valence-electron chi connectivity index (χ1n) is 8.75. The van der Waals surface area contributed by atoms with Gasteiger partial charge in [-0.2, -0.15) is 0 Å². The molecule has 0 unspecified atom stereocenters. The van der Waals surface area contributed by atoms with Gasteiger partial charge in [0.25, 0.3) is 0 Å². The molecule has 2 aromatic rings. The number of aliphatic imine (C=N–C) groups is 1. The molecule has 1 aromatic carbocycles. The van der Waals surface area contributed by atoms with Gasteiger partial charge in [-0.05, 0) is 30.5 Å². The average molecular weight is 486 g/mol. The summed E-state index contributed by atoms with van der Waals surface area (Å²) in [6.45, 7) is 7.62. The average Bonchev–Trinajstić information content (AvgIpc) is 3.20. The summed E-state index contributed by atoms with van der Waals surface area (Å²) in [5, 5.41) is 6.93. The van der Waals surface area contributed by atoms with Crippen molar-refractivity contribution in [2.75, 3.05) is 44.7 Å². The molecule has 0 radical (unpaired) electrons. The predicted octanol–water partition coefficient (Wildman–Crippen LogP) is 3.66. The van der Waals surface area contributed by atoms with E-state index < -0.39 is 0 Å². The Bertz CT molecular complexity index is 685. The molecule has 2 heterocycles. The molecule has 3 rings (SSSR count). The highest BCUT2D eigenvalue weighted by molar-refractivity contribution is 14.0. The fourth-order valence-electron chi connectivity index (χ4n) is 3.01. The number of hydrogen-bond acceptors (Lipinski definition) is 4. The Morgan fingerprint density at radius 2 is 1.92 bits per heavy atom. The largest absolute Gasteiger partial charge is 0.496 e. The van der Waals surface area contributed by atoms with E-state index in [0.29, 0.717) is 6.54 Å². The lowest BCUT2D eigenvalue weighted by Crippen LogP contribution is -2.52. The minimum absolute atomic E-state index is 0. The zero-order valence-electron chi connectivity index (χ0n) is 15.4. The van der Waals surface area contributed by atoms with Gasteiger partial charge in [-0.15, -0.1) is 35.3 Å². The van der Waals surface area contributed by atoms with Crippen LogP contribution in [0.1, 0.15) is 12.5 Å². The van der Waals surface area contributed by atoms with Crippen molar-refractivity contribution >= 4 is 46.3 Å². The first kappa shape index (κ1) is 20.8. The first-order chi connectivity index (χ1) is 12.3. The van der Waals surface area contributed by atoms with E-state index in [1.807, 2.05) is 29.5 Å². The second-order valence-corrected chi connectivity index (χ2v) is 6.83. The van der Waals surface area contributed by atoms with Crippen LogP contribution >= 0.6 is 35.3 Å². The van der Waals surface area contributed by atoms with Crippen molar-refractivity contribution in [2.45, 2.75) is 13.5 Å². The Labute approximate surface area is 177 Å². The van der Waals surface area contributed by atoms with Crippen molar-refractivity contribution in [3.8, 4) is 5.75 Å². The maximum absolute atomic E-state index is 5.43. The zero-order valence-corrected chi connectivity index (χ0v) is 18.5. The molecule has 1 aliphatic rings. The van der Waals surface area contributed by atoms with Gasteiger partial charge in [0.2, 0.25) is 0 Å². The van der Waals surface area contributed by atoms with Crippen LogP contribution in [0.25, 0.3) is 0 Å². The minimum Gasteiger partial charge on any atom is -0.496 e. The van der Waals surface area contributed by atoms with E-state index in [4.69, 9.17) is 9.73 Å². The Kier molecular flexibility index (Phi) is 8.50. The van der Waals surface area contributed by atoms with E-state index in [1.54, 1.807) is 7.11 Å². The van der Waals surface area contributed by atoms with Crippen LogP contribution < -0.4 is 15.0 Å². The van der Waals surface area contributed by atoms with E-state index in [-0.39, 0.29) is 24.0 Å². The second kappa shape index (κ2) is 10.6. The molecule has 1 N–H and O–H groups in total. The van der Waals surface area contributed by atoms with Crippen molar-refractivity contribution in [3.63, 3.8) is 0 Å². The molecular formula is C19H27IN4OS. The van der Waals surface area contributed by atoms with Gasteiger partial charge in [-0.3, -0.25) is 0 Å². The van der Waals surface area contributed by atoms with Crippen LogP contribution in [0.15, 0.2) is 46.8 Å². The fraction of sp³-hybridized carbons (Fsp3) is 0.421. The molecule has 1 aromatic heterocycles. The molecule has 1 saturated heterocycles. The fourth-order valence-corrected chi connectivity index (χ4v) is 3.79. The number of thiophene rings is 1. The number of nitrogens with zero attached hydrogens (tertiary/aromatic N) is 3. The smallest absolute Gasteiger partial charge is 0.194 e. The summed E-state index contributed by atoms with van der Waals surface area (Å²) in [5.74, 6) is 1.88. The number of rotatable bonds is 5. The van der Waals surface area contributed by atoms with Crippen molar-refractivity contribution in [1.82, 2.24) is 10.2 Å². The van der Waals surface area contributed by atoms with E-state index in [0.717, 1.165) is 50.0 Å². The van der Waals surface area contributed by atoms with E-state index in [2.05, 4.69) is 45.6 Å². The van der Waals surface area contributed by atoms with Crippen LogP contribution in [0.3, 0.4) is 0 Å². The summed E-state index contributed by atoms with van der Waals surface area (Å²) in [6, 6.07) is 12.4. The molecule has 26 heavy (non-hydrogen) atoms. The van der Waals surface area contributed by atoms with Gasteiger partial charge in [0.05, 0.1) is 18.7 Å². The Morgan fingerprint density at radius 3 is 2.58 bits per heavy atom. The van der Waals surface area contributed by atoms with Crippen molar-refractivity contribution in [1.29, 1.82) is 0 Å². The SMILES string of the molecule is CCNC(=NCc1ccccc1OC)N1CCN(c2cccs2)CC1.I. The Morgan fingerprint density at radius 1 is 1.15 bits per heavy atom. The number of para-hydroxylation sites is 1. The van der Waals surface area contributed by atoms with Crippen molar-refractivity contribution in [3.05, 3.63) is 47.3 Å². The molecule has 7 heteroatoms. The summed E-state index contributed by atoms with van der Waals surface area (Å²) < 4.78 is 5.43. The number of ether oxygens (including phenoxy) is 1. The van der Waals surface area contributed by atoms with E-state index in [9.17, 15) is 0 Å². The normalized spacial score (nSPS) is 14.8. The molecule has 0 bridgehead atoms. The summed E-state index contributed by atoms with van der Waals surface area (Å²) >= 11 is 1.81. The van der Waals surface area contributed by atoms with Crippen molar-refractivity contribution < 1.29 is 4.74 Å². The molecule has 0 saturated carbocycles. The highest BCUT2D eigenvalue weighted by atomic mass is 127. The first-order valence-corrected chi connectivity index (χ1v) is 9.63. The third-order valence-electron chi connectivity index (χ3n) is 4.32. The maximum atomic E-state index is 5.43. The highest BCUT2D eigenvalue weighted by Crippen LogP contribution is 2.22. The number of hydrogen-bond donors (Lipinski definition) is 1. The number of nitrogens with one attached hydrogen (secondary N) is 1. The monoisotopic (exact) mass is 486 g/mol. The van der Waals surface area contributed by atoms with E-state index in [1.165, 1.54) is 5.00 Å². The van der Waals surface area contributed by atoms with Crippen LogP contribution in [-0.4, -0.2) is 50.7 Å². The molecule has 0 atom stereocenters. The van der Waals surface area contributed by atoms with Crippen molar-refractivity contribution in [2.24, 2.45) is 4.99 Å². The van der Waals surface area contributed by atoms with Gasteiger partial charge in [-0.25, -0.2) is 4.99 Å². The van der Waals surface area contributed by atoms with Crippen LogP contribution in [-0.2, 0) is 6.54 Å². The highest BCUT2D eigenvalue weighted by Gasteiger charge is 2.20. The standard InChI is InChI=1S/C19H26N4OS.HI/c1-3-20-19(21-15-16-7-4-5-8-17(16)24-2)23-12-10-22(11-13-23)18-9-6-14-25-18;/h4-9,14H,3,10-13,15H2,1-2H3,(H,20,21);1H. The third kappa shape index (κ3) is 5.26. The number of anilines is 1. The molecule has 0 spiro atoms. The van der Waals surface area contributed by atoms with Crippen LogP contribution in [0.5, 0.6) is 5.75 Å². The molecule has 1 fully saturated rings. The van der Waals surface area contributed by atoms with Gasteiger partial charge >= 0.3 is 0 Å². The summed E-state index contributed by atoms with van der Waals surface area (Å²) in [6.07, 6.45) is 0. The van der Waals surface area contributed by atoms with Gasteiger partial charge in [-0.1, -0.05) is 18.2 Å². The zero-order chi connectivity index (χ0) is 17.5. The number of methoxy groups -OCH3 is 1. The predicted molar refractivity (Wildman–Crippen MR) is 121 cm³/mol. The van der Waals surface area contributed by atoms with E-state index >= 15 is 0 Å². The lowest BCUT2D eigenvalue weighted by molar-refractivity contribution is 0.373. The summed E-state index contributed by atoms with van der Waals surface area (Å²) in [5.41, 5.74) is 1.11. The van der Waals surface area contributed by atoms with Crippen LogP contribution in [0, 0.1) is 0 Å². The molecule has 142 valence electrons. The molecular weight excluding hydrogens is 459 g/mol. The molecule has 1 aliphatic heterocycles. The number of guanidine groups is 1. The van der Waals surface area contributed by atoms with Gasteiger partial charge in [0, 0.05) is 38.3 Å². The lowest BCUT2D eigenvalue weighted by Gasteiger charge is -2.37. The quantitative estimate of drug-likeness (QED) is 0.398. The lowest BCUT2D eigenvalue weighted by atomic mass is 10.2. The Balaban J connectivity index is 0.00000243. The van der Waals surface area contributed by atoms with Crippen LogP contribution in [0.4, 0.5) is 5.00 Å². The maximum Gasteiger partial charge on any atom is 0.194 e. The number of halogens is 1. The summed E-state index contributed by atoms with van der Waals surface area (Å²) in [7, 11) is 1.71. The Hall–Kier alpha value is -1.48. The summed E-state index contributed by atoms with van der Waals surface area (Å²) in [4.78, 5) is 9.64. The topological polar surface area (TPSA) is 40.1 Å². The van der Waals surface area contributed by atoms with Gasteiger partial charge < -0.3 is 19.9 Å². The van der Waals surface area contributed by atoms with Gasteiger partial charge in [0.1, 0.15) is 5.75 Å².